The van der Waals surface area contributed by atoms with E-state index in [-0.39, 0.29) is 6.10 Å². The minimum Gasteiger partial charge on any atom is -0.455 e. The van der Waals surface area contributed by atoms with E-state index in [2.05, 4.69) is 6.07 Å². The first-order valence-electron chi connectivity index (χ1n) is 6.73. The van der Waals surface area contributed by atoms with Crippen molar-refractivity contribution in [2.45, 2.75) is 13.0 Å². The molecule has 2 aromatic carbocycles. The molecule has 0 aliphatic rings. The third kappa shape index (κ3) is 4.47. The Morgan fingerprint density at radius 1 is 1.27 bits per heavy atom. The summed E-state index contributed by atoms with van der Waals surface area (Å²) < 4.78 is 5.32. The van der Waals surface area contributed by atoms with E-state index in [4.69, 9.17) is 21.6 Å². The zero-order chi connectivity index (χ0) is 15.9. The number of hydrogen-bond donors (Lipinski definition) is 0. The minimum atomic E-state index is -0.440. The SMILES string of the molecule is CC(OC(=O)/C=C/c1cccc(C#N)c1)c1ccc(Cl)cc1. The van der Waals surface area contributed by atoms with Crippen LogP contribution in [0.15, 0.2) is 54.6 Å². The summed E-state index contributed by atoms with van der Waals surface area (Å²) in [5.41, 5.74) is 2.19. The van der Waals surface area contributed by atoms with Crippen LogP contribution >= 0.6 is 11.6 Å². The number of carbonyl (C=O) groups is 1. The fourth-order valence-electron chi connectivity index (χ4n) is 1.89. The summed E-state index contributed by atoms with van der Waals surface area (Å²) in [6.07, 6.45) is 2.61. The first kappa shape index (κ1) is 15.8. The van der Waals surface area contributed by atoms with Gasteiger partial charge in [0, 0.05) is 11.1 Å². The van der Waals surface area contributed by atoms with E-state index >= 15 is 0 Å². The highest BCUT2D eigenvalue weighted by Gasteiger charge is 2.09. The Bertz CT molecular complexity index is 729. The number of benzene rings is 2. The monoisotopic (exact) mass is 311 g/mol. The molecule has 0 aromatic heterocycles. The van der Waals surface area contributed by atoms with Crippen molar-refractivity contribution < 1.29 is 9.53 Å². The van der Waals surface area contributed by atoms with Crippen LogP contribution in [0.1, 0.15) is 29.7 Å². The van der Waals surface area contributed by atoms with Gasteiger partial charge in [0.05, 0.1) is 11.6 Å². The van der Waals surface area contributed by atoms with E-state index in [9.17, 15) is 4.79 Å². The number of nitriles is 1. The summed E-state index contributed by atoms with van der Waals surface area (Å²) in [5.74, 6) is -0.440. The van der Waals surface area contributed by atoms with Gasteiger partial charge in [0.15, 0.2) is 0 Å². The van der Waals surface area contributed by atoms with Crippen molar-refractivity contribution in [1.82, 2.24) is 0 Å². The average molecular weight is 312 g/mol. The van der Waals surface area contributed by atoms with E-state index in [0.29, 0.717) is 10.6 Å². The first-order chi connectivity index (χ1) is 10.6. The molecule has 22 heavy (non-hydrogen) atoms. The number of nitrogens with zero attached hydrogens (tertiary/aromatic N) is 1. The number of halogens is 1. The van der Waals surface area contributed by atoms with Crippen LogP contribution in [0, 0.1) is 11.3 Å². The van der Waals surface area contributed by atoms with E-state index in [1.165, 1.54) is 6.08 Å². The summed E-state index contributed by atoms with van der Waals surface area (Å²) in [7, 11) is 0. The molecule has 2 rings (SSSR count). The maximum Gasteiger partial charge on any atom is 0.331 e. The lowest BCUT2D eigenvalue weighted by atomic mass is 10.1. The largest absolute Gasteiger partial charge is 0.455 e. The van der Waals surface area contributed by atoms with Crippen molar-refractivity contribution in [3.63, 3.8) is 0 Å². The molecule has 110 valence electrons. The lowest BCUT2D eigenvalue weighted by Crippen LogP contribution is -2.05. The van der Waals surface area contributed by atoms with Gasteiger partial charge in [-0.25, -0.2) is 4.79 Å². The molecule has 0 radical (unpaired) electrons. The number of rotatable bonds is 4. The normalized spacial score (nSPS) is 11.9. The molecule has 0 bridgehead atoms. The van der Waals surface area contributed by atoms with Crippen molar-refractivity contribution in [3.8, 4) is 6.07 Å². The Balaban J connectivity index is 1.98. The molecule has 0 amide bonds. The molecule has 0 fully saturated rings. The third-order valence-electron chi connectivity index (χ3n) is 3.06. The Morgan fingerprint density at radius 2 is 2.00 bits per heavy atom. The van der Waals surface area contributed by atoms with Crippen LogP contribution in [0.5, 0.6) is 0 Å². The first-order valence-corrected chi connectivity index (χ1v) is 7.10. The van der Waals surface area contributed by atoms with Gasteiger partial charge < -0.3 is 4.74 Å². The van der Waals surface area contributed by atoms with Crippen LogP contribution in [0.3, 0.4) is 0 Å². The molecule has 0 aliphatic carbocycles. The van der Waals surface area contributed by atoms with Crippen molar-refractivity contribution in [2.75, 3.05) is 0 Å². The molecule has 0 saturated carbocycles. The van der Waals surface area contributed by atoms with Gasteiger partial charge in [-0.15, -0.1) is 0 Å². The molecule has 0 N–H and O–H groups in total. The highest BCUT2D eigenvalue weighted by atomic mass is 35.5. The molecular formula is C18H14ClNO2. The topological polar surface area (TPSA) is 50.1 Å². The Kier molecular flexibility index (Phi) is 5.35. The van der Waals surface area contributed by atoms with Crippen LogP contribution in [0.2, 0.25) is 5.02 Å². The van der Waals surface area contributed by atoms with Crippen molar-refractivity contribution in [2.24, 2.45) is 0 Å². The smallest absolute Gasteiger partial charge is 0.331 e. The molecule has 1 atom stereocenters. The van der Waals surface area contributed by atoms with Crippen LogP contribution in [0.4, 0.5) is 0 Å². The number of ether oxygens (including phenoxy) is 1. The van der Waals surface area contributed by atoms with Gasteiger partial charge in [-0.1, -0.05) is 35.9 Å². The maximum atomic E-state index is 11.8. The van der Waals surface area contributed by atoms with Gasteiger partial charge in [0.2, 0.25) is 0 Å². The van der Waals surface area contributed by atoms with E-state index in [1.54, 1.807) is 43.3 Å². The van der Waals surface area contributed by atoms with Gasteiger partial charge in [0.1, 0.15) is 6.10 Å². The second-order valence-corrected chi connectivity index (χ2v) is 5.14. The zero-order valence-electron chi connectivity index (χ0n) is 12.0. The van der Waals surface area contributed by atoms with Gasteiger partial charge in [-0.05, 0) is 48.4 Å². The van der Waals surface area contributed by atoms with Crippen LogP contribution in [-0.2, 0) is 9.53 Å². The Hall–Kier alpha value is -2.57. The molecule has 0 saturated heterocycles. The number of hydrogen-bond acceptors (Lipinski definition) is 3. The molecule has 1 unspecified atom stereocenters. The standard InChI is InChI=1S/C18H14ClNO2/c1-13(16-6-8-17(19)9-7-16)22-18(21)10-5-14-3-2-4-15(11-14)12-20/h2-11,13H,1H3/b10-5+. The molecule has 2 aromatic rings. The van der Waals surface area contributed by atoms with Crippen molar-refractivity contribution in [1.29, 1.82) is 5.26 Å². The fraction of sp³-hybridized carbons (Fsp3) is 0.111. The van der Waals surface area contributed by atoms with Gasteiger partial charge in [0.25, 0.3) is 0 Å². The van der Waals surface area contributed by atoms with E-state index in [0.717, 1.165) is 11.1 Å². The van der Waals surface area contributed by atoms with Gasteiger partial charge >= 0.3 is 5.97 Å². The lowest BCUT2D eigenvalue weighted by Gasteiger charge is -2.12. The van der Waals surface area contributed by atoms with Crippen molar-refractivity contribution in [3.05, 3.63) is 76.3 Å². The quantitative estimate of drug-likeness (QED) is 0.615. The number of esters is 1. The maximum absolute atomic E-state index is 11.8. The summed E-state index contributed by atoms with van der Waals surface area (Å²) >= 11 is 5.82. The summed E-state index contributed by atoms with van der Waals surface area (Å²) in [4.78, 5) is 11.8. The summed E-state index contributed by atoms with van der Waals surface area (Å²) in [6.45, 7) is 1.80. The van der Waals surface area contributed by atoms with Crippen LogP contribution in [-0.4, -0.2) is 5.97 Å². The molecule has 4 heteroatoms. The second kappa shape index (κ2) is 7.44. The fourth-order valence-corrected chi connectivity index (χ4v) is 2.02. The van der Waals surface area contributed by atoms with Crippen molar-refractivity contribution >= 4 is 23.6 Å². The van der Waals surface area contributed by atoms with Gasteiger partial charge in [-0.2, -0.15) is 5.26 Å². The van der Waals surface area contributed by atoms with Gasteiger partial charge in [-0.3, -0.25) is 0 Å². The average Bonchev–Trinajstić information content (AvgIpc) is 2.53. The molecule has 0 aliphatic heterocycles. The molecule has 0 spiro atoms. The Morgan fingerprint density at radius 3 is 2.68 bits per heavy atom. The molecular weight excluding hydrogens is 298 g/mol. The highest BCUT2D eigenvalue weighted by molar-refractivity contribution is 6.30. The molecule has 3 nitrogen and oxygen atoms in total. The minimum absolute atomic E-state index is 0.361. The predicted molar refractivity (Wildman–Crippen MR) is 86.2 cm³/mol. The van der Waals surface area contributed by atoms with Crippen LogP contribution < -0.4 is 0 Å². The third-order valence-corrected chi connectivity index (χ3v) is 3.31. The lowest BCUT2D eigenvalue weighted by molar-refractivity contribution is -0.142. The Labute approximate surface area is 134 Å². The highest BCUT2D eigenvalue weighted by Crippen LogP contribution is 2.19. The number of carbonyl (C=O) groups excluding carboxylic acids is 1. The van der Waals surface area contributed by atoms with E-state index < -0.39 is 5.97 Å². The molecule has 0 heterocycles. The predicted octanol–water partition coefficient (Wildman–Crippen LogP) is 4.53. The van der Waals surface area contributed by atoms with Crippen LogP contribution in [0.25, 0.3) is 6.08 Å². The summed E-state index contributed by atoms with van der Waals surface area (Å²) in [5, 5.41) is 9.47. The van der Waals surface area contributed by atoms with E-state index in [1.807, 2.05) is 18.2 Å². The summed E-state index contributed by atoms with van der Waals surface area (Å²) in [6, 6.07) is 16.2. The zero-order valence-corrected chi connectivity index (χ0v) is 12.7. The second-order valence-electron chi connectivity index (χ2n) is 4.70.